The molecule has 1 aromatic heterocycles. The molecule has 0 saturated carbocycles. The number of anilines is 1. The molecule has 1 fully saturated rings. The van der Waals surface area contributed by atoms with E-state index in [0.717, 1.165) is 36.3 Å². The summed E-state index contributed by atoms with van der Waals surface area (Å²) in [5.41, 5.74) is 3.35. The van der Waals surface area contributed by atoms with E-state index in [0.29, 0.717) is 24.8 Å². The lowest BCUT2D eigenvalue weighted by molar-refractivity contribution is -0.125. The molecule has 1 atom stereocenters. The lowest BCUT2D eigenvalue weighted by atomic mass is 9.97. The smallest absolute Gasteiger partial charge is 0.263 e. The third kappa shape index (κ3) is 5.20. The quantitative estimate of drug-likeness (QED) is 0.644. The summed E-state index contributed by atoms with van der Waals surface area (Å²) in [4.78, 5) is 23.9. The van der Waals surface area contributed by atoms with Gasteiger partial charge in [0.25, 0.3) is 5.88 Å². The minimum absolute atomic E-state index is 0.0792. The largest absolute Gasteiger partial charge is 0.436 e. The van der Waals surface area contributed by atoms with Crippen LogP contribution in [0.3, 0.4) is 0 Å². The van der Waals surface area contributed by atoms with E-state index in [1.807, 2.05) is 31.2 Å². The monoisotopic (exact) mass is 416 g/mol. The zero-order valence-electron chi connectivity index (χ0n) is 18.0. The first-order chi connectivity index (χ1) is 15.1. The fourth-order valence-electron chi connectivity index (χ4n) is 3.80. The lowest BCUT2D eigenvalue weighted by Crippen LogP contribution is -2.43. The summed E-state index contributed by atoms with van der Waals surface area (Å²) < 4.78 is 6.09. The number of benzene rings is 2. The summed E-state index contributed by atoms with van der Waals surface area (Å²) in [6, 6.07) is 16.1. The number of nitrogens with zero attached hydrogens (tertiary/aromatic N) is 3. The second-order valence-corrected chi connectivity index (χ2v) is 8.04. The maximum Gasteiger partial charge on any atom is 0.263 e. The van der Waals surface area contributed by atoms with Gasteiger partial charge >= 0.3 is 0 Å². The SMILES string of the molecule is Cc1ccc(CNC(=O)[C@H]2CCCN(c3nccnc3Oc3ccccc3C)C2)cc1. The Morgan fingerprint density at radius 3 is 2.68 bits per heavy atom. The zero-order chi connectivity index (χ0) is 21.6. The topological polar surface area (TPSA) is 67.4 Å². The highest BCUT2D eigenvalue weighted by Crippen LogP contribution is 2.32. The average molecular weight is 417 g/mol. The van der Waals surface area contributed by atoms with Crippen molar-refractivity contribution in [3.8, 4) is 11.6 Å². The molecule has 3 aromatic rings. The Labute approximate surface area is 183 Å². The number of rotatable bonds is 6. The van der Waals surface area contributed by atoms with Crippen molar-refractivity contribution in [2.45, 2.75) is 33.2 Å². The summed E-state index contributed by atoms with van der Waals surface area (Å²) in [6.45, 7) is 6.03. The van der Waals surface area contributed by atoms with Crippen LogP contribution in [0.15, 0.2) is 60.9 Å². The van der Waals surface area contributed by atoms with Crippen LogP contribution in [0, 0.1) is 19.8 Å². The molecule has 1 aliphatic rings. The van der Waals surface area contributed by atoms with Gasteiger partial charge in [-0.2, -0.15) is 0 Å². The number of amides is 1. The van der Waals surface area contributed by atoms with Crippen LogP contribution in [0.1, 0.15) is 29.5 Å². The first kappa shape index (κ1) is 20.8. The minimum atomic E-state index is -0.0903. The van der Waals surface area contributed by atoms with Crippen molar-refractivity contribution in [2.75, 3.05) is 18.0 Å². The Morgan fingerprint density at radius 1 is 1.10 bits per heavy atom. The van der Waals surface area contributed by atoms with Crippen LogP contribution in [0.25, 0.3) is 0 Å². The molecule has 0 spiro atoms. The first-order valence-electron chi connectivity index (χ1n) is 10.7. The Hall–Kier alpha value is -3.41. The molecular weight excluding hydrogens is 388 g/mol. The summed E-state index contributed by atoms with van der Waals surface area (Å²) in [5, 5.41) is 3.09. The van der Waals surface area contributed by atoms with Gasteiger partial charge in [-0.05, 0) is 43.9 Å². The van der Waals surface area contributed by atoms with Gasteiger partial charge in [0.2, 0.25) is 5.91 Å². The number of aromatic nitrogens is 2. The van der Waals surface area contributed by atoms with E-state index in [2.05, 4.69) is 51.4 Å². The molecular formula is C25H28N4O2. The number of carbonyl (C=O) groups is 1. The van der Waals surface area contributed by atoms with Gasteiger partial charge in [0, 0.05) is 32.0 Å². The van der Waals surface area contributed by atoms with Gasteiger partial charge in [0.05, 0.1) is 5.92 Å². The average Bonchev–Trinajstić information content (AvgIpc) is 2.80. The van der Waals surface area contributed by atoms with Gasteiger partial charge < -0.3 is 15.0 Å². The van der Waals surface area contributed by atoms with Crippen LogP contribution in [-0.2, 0) is 11.3 Å². The molecule has 6 nitrogen and oxygen atoms in total. The molecule has 2 aromatic carbocycles. The van der Waals surface area contributed by atoms with Gasteiger partial charge in [-0.25, -0.2) is 9.97 Å². The first-order valence-corrected chi connectivity index (χ1v) is 10.7. The molecule has 6 heteroatoms. The summed E-state index contributed by atoms with van der Waals surface area (Å²) >= 11 is 0. The van der Waals surface area contributed by atoms with E-state index in [1.54, 1.807) is 12.4 Å². The summed E-state index contributed by atoms with van der Waals surface area (Å²) in [7, 11) is 0. The molecule has 0 radical (unpaired) electrons. The third-order valence-electron chi connectivity index (χ3n) is 5.63. The zero-order valence-corrected chi connectivity index (χ0v) is 18.0. The molecule has 31 heavy (non-hydrogen) atoms. The van der Waals surface area contributed by atoms with E-state index >= 15 is 0 Å². The molecule has 4 rings (SSSR count). The van der Waals surface area contributed by atoms with Crippen LogP contribution in [0.2, 0.25) is 0 Å². The maximum absolute atomic E-state index is 12.8. The molecule has 160 valence electrons. The molecule has 1 aliphatic heterocycles. The molecule has 1 amide bonds. The van der Waals surface area contributed by atoms with Crippen molar-refractivity contribution in [1.82, 2.24) is 15.3 Å². The van der Waals surface area contributed by atoms with E-state index in [1.165, 1.54) is 5.56 Å². The van der Waals surface area contributed by atoms with E-state index in [-0.39, 0.29) is 11.8 Å². The van der Waals surface area contributed by atoms with Gasteiger partial charge in [0.15, 0.2) is 5.82 Å². The number of hydrogen-bond acceptors (Lipinski definition) is 5. The van der Waals surface area contributed by atoms with Gasteiger partial charge in [-0.1, -0.05) is 48.0 Å². The van der Waals surface area contributed by atoms with Gasteiger partial charge in [-0.3, -0.25) is 4.79 Å². The number of para-hydroxylation sites is 1. The molecule has 2 heterocycles. The molecule has 0 unspecified atom stereocenters. The Kier molecular flexibility index (Phi) is 6.46. The highest BCUT2D eigenvalue weighted by atomic mass is 16.5. The van der Waals surface area contributed by atoms with Crippen LogP contribution < -0.4 is 15.0 Å². The fourth-order valence-corrected chi connectivity index (χ4v) is 3.80. The predicted octanol–water partition coefficient (Wildman–Crippen LogP) is 4.42. The highest BCUT2D eigenvalue weighted by Gasteiger charge is 2.28. The number of aryl methyl sites for hydroxylation is 2. The second kappa shape index (κ2) is 9.60. The van der Waals surface area contributed by atoms with Crippen molar-refractivity contribution in [1.29, 1.82) is 0 Å². The van der Waals surface area contributed by atoms with Crippen molar-refractivity contribution in [3.05, 3.63) is 77.6 Å². The van der Waals surface area contributed by atoms with Gasteiger partial charge in [-0.15, -0.1) is 0 Å². The van der Waals surface area contributed by atoms with E-state index in [4.69, 9.17) is 4.74 Å². The second-order valence-electron chi connectivity index (χ2n) is 8.04. The predicted molar refractivity (Wildman–Crippen MR) is 121 cm³/mol. The maximum atomic E-state index is 12.8. The summed E-state index contributed by atoms with van der Waals surface area (Å²) in [5.74, 6) is 1.90. The van der Waals surface area contributed by atoms with E-state index < -0.39 is 0 Å². The van der Waals surface area contributed by atoms with Crippen molar-refractivity contribution < 1.29 is 9.53 Å². The molecule has 1 N–H and O–H groups in total. The number of ether oxygens (including phenoxy) is 1. The number of carbonyl (C=O) groups excluding carboxylic acids is 1. The Morgan fingerprint density at radius 2 is 1.87 bits per heavy atom. The van der Waals surface area contributed by atoms with Crippen molar-refractivity contribution in [2.24, 2.45) is 5.92 Å². The minimum Gasteiger partial charge on any atom is -0.436 e. The molecule has 1 saturated heterocycles. The standard InChI is InChI=1S/C25H28N4O2/c1-18-9-11-20(12-10-18)16-28-24(30)21-7-5-15-29(17-21)23-25(27-14-13-26-23)31-22-8-4-3-6-19(22)2/h3-4,6,8-14,21H,5,7,15-17H2,1-2H3,(H,28,30)/t21-/m0/s1. The number of piperidine rings is 1. The fraction of sp³-hybridized carbons (Fsp3) is 0.320. The van der Waals surface area contributed by atoms with E-state index in [9.17, 15) is 4.79 Å². The Balaban J connectivity index is 1.43. The van der Waals surface area contributed by atoms with Crippen LogP contribution in [0.5, 0.6) is 11.6 Å². The van der Waals surface area contributed by atoms with Crippen LogP contribution >= 0.6 is 0 Å². The van der Waals surface area contributed by atoms with Crippen molar-refractivity contribution in [3.63, 3.8) is 0 Å². The highest BCUT2D eigenvalue weighted by molar-refractivity contribution is 5.79. The summed E-state index contributed by atoms with van der Waals surface area (Å²) in [6.07, 6.45) is 5.08. The molecule has 0 aliphatic carbocycles. The van der Waals surface area contributed by atoms with Gasteiger partial charge in [0.1, 0.15) is 5.75 Å². The lowest BCUT2D eigenvalue weighted by Gasteiger charge is -2.33. The van der Waals surface area contributed by atoms with Crippen molar-refractivity contribution >= 4 is 11.7 Å². The third-order valence-corrected chi connectivity index (χ3v) is 5.63. The van der Waals surface area contributed by atoms with Crippen LogP contribution in [0.4, 0.5) is 5.82 Å². The van der Waals surface area contributed by atoms with Crippen LogP contribution in [-0.4, -0.2) is 29.0 Å². The number of hydrogen-bond donors (Lipinski definition) is 1. The number of nitrogens with one attached hydrogen (secondary N) is 1. The Bertz CT molecular complexity index is 1040. The normalized spacial score (nSPS) is 16.1. The molecule has 0 bridgehead atoms.